The first-order valence-corrected chi connectivity index (χ1v) is 6.22. The molecule has 0 bridgehead atoms. The number of carbonyl (C=O) groups is 1. The minimum absolute atomic E-state index is 0.211. The third kappa shape index (κ3) is 2.28. The lowest BCUT2D eigenvalue weighted by Gasteiger charge is -2.20. The number of nitrogens with zero attached hydrogens (tertiary/aromatic N) is 1. The number of rotatable bonds is 4. The van der Waals surface area contributed by atoms with Gasteiger partial charge in [-0.25, -0.2) is 0 Å². The predicted molar refractivity (Wildman–Crippen MR) is 68.7 cm³/mol. The first-order chi connectivity index (χ1) is 8.13. The van der Waals surface area contributed by atoms with Crippen molar-refractivity contribution in [2.45, 2.75) is 32.6 Å². The van der Waals surface area contributed by atoms with Gasteiger partial charge in [0, 0.05) is 31.1 Å². The molecular formula is C14H19NO2. The van der Waals surface area contributed by atoms with E-state index >= 15 is 0 Å². The maximum absolute atomic E-state index is 10.7. The Hall–Kier alpha value is -1.51. The highest BCUT2D eigenvalue weighted by Gasteiger charge is 2.26. The van der Waals surface area contributed by atoms with Gasteiger partial charge in [-0.1, -0.05) is 25.1 Å². The molecule has 2 rings (SSSR count). The van der Waals surface area contributed by atoms with E-state index in [1.54, 1.807) is 0 Å². The second-order valence-electron chi connectivity index (χ2n) is 4.69. The lowest BCUT2D eigenvalue weighted by Crippen LogP contribution is -2.21. The number of hydrogen-bond donors (Lipinski definition) is 1. The molecule has 17 heavy (non-hydrogen) atoms. The second-order valence-corrected chi connectivity index (χ2v) is 4.69. The van der Waals surface area contributed by atoms with Gasteiger partial charge in [-0.05, 0) is 24.5 Å². The molecule has 1 unspecified atom stereocenters. The van der Waals surface area contributed by atoms with Gasteiger partial charge in [-0.2, -0.15) is 0 Å². The van der Waals surface area contributed by atoms with E-state index in [4.69, 9.17) is 5.11 Å². The third-order valence-corrected chi connectivity index (χ3v) is 3.48. The van der Waals surface area contributed by atoms with Crippen LogP contribution in [0.1, 0.15) is 37.3 Å². The van der Waals surface area contributed by atoms with Gasteiger partial charge >= 0.3 is 5.97 Å². The molecule has 3 heteroatoms. The molecule has 3 nitrogen and oxygen atoms in total. The van der Waals surface area contributed by atoms with E-state index in [0.29, 0.717) is 12.3 Å². The Kier molecular flexibility index (Phi) is 3.36. The minimum Gasteiger partial charge on any atom is -0.481 e. The van der Waals surface area contributed by atoms with Crippen LogP contribution in [0.4, 0.5) is 5.69 Å². The van der Waals surface area contributed by atoms with Gasteiger partial charge in [0.05, 0.1) is 0 Å². The van der Waals surface area contributed by atoms with Gasteiger partial charge in [-0.15, -0.1) is 0 Å². The summed E-state index contributed by atoms with van der Waals surface area (Å²) >= 11 is 0. The van der Waals surface area contributed by atoms with E-state index in [1.807, 2.05) is 6.07 Å². The van der Waals surface area contributed by atoms with Crippen molar-refractivity contribution in [3.63, 3.8) is 0 Å². The molecule has 1 heterocycles. The molecule has 1 aliphatic rings. The fraction of sp³-hybridized carbons (Fsp3) is 0.500. The molecule has 1 aromatic carbocycles. The summed E-state index contributed by atoms with van der Waals surface area (Å²) in [6, 6.07) is 6.27. The Bertz CT molecular complexity index is 428. The number of likely N-dealkylation sites (N-methyl/N-ethyl adjacent to an activating group) is 1. The first kappa shape index (κ1) is 12.0. The maximum atomic E-state index is 10.7. The molecule has 1 atom stereocenters. The van der Waals surface area contributed by atoms with Crippen molar-refractivity contribution in [3.05, 3.63) is 29.3 Å². The van der Waals surface area contributed by atoms with Crippen molar-refractivity contribution >= 4 is 11.7 Å². The van der Waals surface area contributed by atoms with E-state index in [-0.39, 0.29) is 6.42 Å². The molecule has 0 saturated carbocycles. The van der Waals surface area contributed by atoms with Crippen LogP contribution >= 0.6 is 0 Å². The van der Waals surface area contributed by atoms with Crippen molar-refractivity contribution in [1.82, 2.24) is 0 Å². The van der Waals surface area contributed by atoms with Crippen LogP contribution in [0.5, 0.6) is 0 Å². The zero-order chi connectivity index (χ0) is 12.4. The van der Waals surface area contributed by atoms with Gasteiger partial charge in [0.25, 0.3) is 0 Å². The topological polar surface area (TPSA) is 40.5 Å². The molecule has 1 N–H and O–H groups in total. The van der Waals surface area contributed by atoms with E-state index < -0.39 is 5.97 Å². The molecule has 1 aliphatic heterocycles. The Morgan fingerprint density at radius 1 is 1.53 bits per heavy atom. The van der Waals surface area contributed by atoms with Gasteiger partial charge < -0.3 is 10.0 Å². The molecule has 0 amide bonds. The van der Waals surface area contributed by atoms with Gasteiger partial charge in [0.1, 0.15) is 0 Å². The quantitative estimate of drug-likeness (QED) is 0.869. The fourth-order valence-corrected chi connectivity index (χ4v) is 2.65. The molecule has 92 valence electrons. The number of benzene rings is 1. The Morgan fingerprint density at radius 3 is 2.94 bits per heavy atom. The van der Waals surface area contributed by atoms with Gasteiger partial charge in [0.2, 0.25) is 0 Å². The summed E-state index contributed by atoms with van der Waals surface area (Å²) in [4.78, 5) is 13.0. The van der Waals surface area contributed by atoms with Crippen LogP contribution in [0.25, 0.3) is 0 Å². The standard InChI is InChI=1S/C14H19NO2/c1-3-15-9-10(2)12-6-4-5-11(14(12)15)7-8-13(16)17/h4-6,10H,3,7-9H2,1-2H3,(H,16,17). The van der Waals surface area contributed by atoms with Gasteiger partial charge in [0.15, 0.2) is 0 Å². The molecule has 1 aromatic rings. The molecule has 0 aromatic heterocycles. The summed E-state index contributed by atoms with van der Waals surface area (Å²) in [6.45, 7) is 6.42. The van der Waals surface area contributed by atoms with Crippen molar-refractivity contribution in [2.24, 2.45) is 0 Å². The molecule has 0 aliphatic carbocycles. The van der Waals surface area contributed by atoms with E-state index in [1.165, 1.54) is 16.8 Å². The average Bonchev–Trinajstić information content (AvgIpc) is 2.64. The summed E-state index contributed by atoms with van der Waals surface area (Å²) < 4.78 is 0. The fourth-order valence-electron chi connectivity index (χ4n) is 2.65. The van der Waals surface area contributed by atoms with Crippen LogP contribution in [0, 0.1) is 0 Å². The van der Waals surface area contributed by atoms with E-state index in [9.17, 15) is 4.79 Å². The lowest BCUT2D eigenvalue weighted by atomic mass is 9.98. The number of para-hydroxylation sites is 1. The number of carboxylic acid groups (broad SMARTS) is 1. The zero-order valence-electron chi connectivity index (χ0n) is 10.4. The number of hydrogen-bond acceptors (Lipinski definition) is 2. The van der Waals surface area contributed by atoms with Crippen LogP contribution in [-0.4, -0.2) is 24.2 Å². The van der Waals surface area contributed by atoms with E-state index in [2.05, 4.69) is 30.9 Å². The van der Waals surface area contributed by atoms with Crippen LogP contribution < -0.4 is 4.90 Å². The van der Waals surface area contributed by atoms with Crippen molar-refractivity contribution in [3.8, 4) is 0 Å². The highest BCUT2D eigenvalue weighted by molar-refractivity contribution is 5.69. The number of aryl methyl sites for hydroxylation is 1. The SMILES string of the molecule is CCN1CC(C)c2cccc(CCC(=O)O)c21. The number of anilines is 1. The van der Waals surface area contributed by atoms with Crippen molar-refractivity contribution < 1.29 is 9.90 Å². The lowest BCUT2D eigenvalue weighted by molar-refractivity contribution is -0.136. The highest BCUT2D eigenvalue weighted by atomic mass is 16.4. The largest absolute Gasteiger partial charge is 0.481 e. The van der Waals surface area contributed by atoms with Crippen LogP contribution in [-0.2, 0) is 11.2 Å². The second kappa shape index (κ2) is 4.78. The molecular weight excluding hydrogens is 214 g/mol. The maximum Gasteiger partial charge on any atom is 0.303 e. The zero-order valence-corrected chi connectivity index (χ0v) is 10.4. The van der Waals surface area contributed by atoms with Gasteiger partial charge in [-0.3, -0.25) is 4.79 Å². The summed E-state index contributed by atoms with van der Waals surface area (Å²) in [5.74, 6) is -0.175. The predicted octanol–water partition coefficient (Wildman–Crippen LogP) is 2.65. The highest BCUT2D eigenvalue weighted by Crippen LogP contribution is 2.38. The molecule has 0 spiro atoms. The monoisotopic (exact) mass is 233 g/mol. The summed E-state index contributed by atoms with van der Waals surface area (Å²) in [5, 5.41) is 8.78. The summed E-state index contributed by atoms with van der Waals surface area (Å²) in [7, 11) is 0. The number of carboxylic acids is 1. The van der Waals surface area contributed by atoms with Crippen LogP contribution in [0.2, 0.25) is 0 Å². The Balaban J connectivity index is 2.31. The third-order valence-electron chi connectivity index (χ3n) is 3.48. The number of aliphatic carboxylic acids is 1. The Morgan fingerprint density at radius 2 is 2.29 bits per heavy atom. The molecule has 0 fully saturated rings. The van der Waals surface area contributed by atoms with Crippen molar-refractivity contribution in [1.29, 1.82) is 0 Å². The van der Waals surface area contributed by atoms with Crippen molar-refractivity contribution in [2.75, 3.05) is 18.0 Å². The first-order valence-electron chi connectivity index (χ1n) is 6.22. The summed E-state index contributed by atoms with van der Waals surface area (Å²) in [5.41, 5.74) is 3.83. The summed E-state index contributed by atoms with van der Waals surface area (Å²) in [6.07, 6.45) is 0.837. The number of fused-ring (bicyclic) bond motifs is 1. The Labute approximate surface area is 102 Å². The smallest absolute Gasteiger partial charge is 0.303 e. The molecule has 0 saturated heterocycles. The van der Waals surface area contributed by atoms with Crippen LogP contribution in [0.3, 0.4) is 0 Å². The average molecular weight is 233 g/mol. The van der Waals surface area contributed by atoms with Crippen LogP contribution in [0.15, 0.2) is 18.2 Å². The van der Waals surface area contributed by atoms with E-state index in [0.717, 1.165) is 13.1 Å². The minimum atomic E-state index is -0.725. The normalized spacial score (nSPS) is 18.2. The molecule has 0 radical (unpaired) electrons.